The highest BCUT2D eigenvalue weighted by Gasteiger charge is 2.18. The molecule has 0 aliphatic heterocycles. The molecule has 2 aromatic carbocycles. The van der Waals surface area contributed by atoms with Crippen molar-refractivity contribution in [3.05, 3.63) is 53.1 Å². The monoisotopic (exact) mass is 296 g/mol. The summed E-state index contributed by atoms with van der Waals surface area (Å²) in [5.74, 6) is 0. The normalized spacial score (nSPS) is 11.3. The van der Waals surface area contributed by atoms with Crippen LogP contribution in [0.4, 0.5) is 11.4 Å². The Morgan fingerprint density at radius 3 is 2.47 bits per heavy atom. The lowest BCUT2D eigenvalue weighted by Gasteiger charge is -2.12. The number of hydrogen-bond acceptors (Lipinski definition) is 3. The summed E-state index contributed by atoms with van der Waals surface area (Å²) in [5.41, 5.74) is 7.01. The predicted molar refractivity (Wildman–Crippen MR) is 77.9 cm³/mol. The molecule has 0 bridgehead atoms. The van der Waals surface area contributed by atoms with E-state index >= 15 is 0 Å². The van der Waals surface area contributed by atoms with E-state index in [1.54, 1.807) is 43.3 Å². The van der Waals surface area contributed by atoms with Crippen molar-refractivity contribution in [2.75, 3.05) is 10.5 Å². The van der Waals surface area contributed by atoms with Gasteiger partial charge < -0.3 is 5.73 Å². The lowest BCUT2D eigenvalue weighted by molar-refractivity contribution is 0.600. The first kappa shape index (κ1) is 13.7. The molecule has 0 unspecified atom stereocenters. The van der Waals surface area contributed by atoms with Crippen molar-refractivity contribution >= 4 is 33.0 Å². The van der Waals surface area contributed by atoms with Crippen molar-refractivity contribution in [1.29, 1.82) is 0 Å². The summed E-state index contributed by atoms with van der Waals surface area (Å²) in [7, 11) is -3.70. The maximum atomic E-state index is 12.3. The fourth-order valence-electron chi connectivity index (χ4n) is 1.67. The number of para-hydroxylation sites is 1. The summed E-state index contributed by atoms with van der Waals surface area (Å²) in [5, 5.41) is 0.340. The highest BCUT2D eigenvalue weighted by atomic mass is 35.5. The van der Waals surface area contributed by atoms with Gasteiger partial charge in [-0.2, -0.15) is 0 Å². The largest absolute Gasteiger partial charge is 0.398 e. The molecule has 2 rings (SSSR count). The van der Waals surface area contributed by atoms with Crippen LogP contribution in [0.25, 0.3) is 0 Å². The first-order valence-electron chi connectivity index (χ1n) is 5.54. The lowest BCUT2D eigenvalue weighted by Crippen LogP contribution is -2.15. The Balaban J connectivity index is 2.44. The van der Waals surface area contributed by atoms with E-state index in [0.29, 0.717) is 22.0 Å². The van der Waals surface area contributed by atoms with Gasteiger partial charge in [0.15, 0.2) is 0 Å². The number of rotatable bonds is 3. The van der Waals surface area contributed by atoms with Gasteiger partial charge in [0.25, 0.3) is 10.0 Å². The van der Waals surface area contributed by atoms with Gasteiger partial charge in [0.05, 0.1) is 15.6 Å². The Kier molecular flexibility index (Phi) is 3.68. The van der Waals surface area contributed by atoms with Crippen LogP contribution in [0.1, 0.15) is 5.56 Å². The number of nitrogen functional groups attached to an aromatic ring is 1. The van der Waals surface area contributed by atoms with Crippen LogP contribution in [0.2, 0.25) is 5.02 Å². The van der Waals surface area contributed by atoms with Crippen LogP contribution in [0.3, 0.4) is 0 Å². The molecule has 4 nitrogen and oxygen atoms in total. The number of nitrogens with two attached hydrogens (primary N) is 1. The fourth-order valence-corrected chi connectivity index (χ4v) is 3.26. The van der Waals surface area contributed by atoms with Gasteiger partial charge in [-0.1, -0.05) is 29.8 Å². The van der Waals surface area contributed by atoms with Gasteiger partial charge in [0.2, 0.25) is 0 Å². The summed E-state index contributed by atoms with van der Waals surface area (Å²) in [4.78, 5) is 0.146. The molecule has 2 aromatic rings. The van der Waals surface area contributed by atoms with Gasteiger partial charge in [0, 0.05) is 5.69 Å². The van der Waals surface area contributed by atoms with E-state index in [0.717, 1.165) is 0 Å². The van der Waals surface area contributed by atoms with E-state index in [-0.39, 0.29) is 4.90 Å². The minimum absolute atomic E-state index is 0.146. The molecule has 0 saturated heterocycles. The minimum Gasteiger partial charge on any atom is -0.398 e. The van der Waals surface area contributed by atoms with Gasteiger partial charge >= 0.3 is 0 Å². The van der Waals surface area contributed by atoms with Gasteiger partial charge in [-0.25, -0.2) is 8.42 Å². The highest BCUT2D eigenvalue weighted by molar-refractivity contribution is 7.92. The standard InChI is InChI=1S/C13H13ClN2O2S/c1-9-11(15)6-4-8-13(9)19(17,18)16-12-7-3-2-5-10(12)14/h2-8,16H,15H2,1H3. The molecule has 0 saturated carbocycles. The van der Waals surface area contributed by atoms with Crippen LogP contribution in [0, 0.1) is 6.92 Å². The summed E-state index contributed by atoms with van der Waals surface area (Å²) < 4.78 is 27.1. The molecule has 0 fully saturated rings. The van der Waals surface area contributed by atoms with Gasteiger partial charge in [-0.3, -0.25) is 4.72 Å². The summed E-state index contributed by atoms with van der Waals surface area (Å²) in [6.07, 6.45) is 0. The number of sulfonamides is 1. The van der Waals surface area contributed by atoms with E-state index in [2.05, 4.69) is 4.72 Å². The first-order valence-corrected chi connectivity index (χ1v) is 7.40. The van der Waals surface area contributed by atoms with Gasteiger partial charge in [-0.15, -0.1) is 0 Å². The quantitative estimate of drug-likeness (QED) is 0.855. The lowest BCUT2D eigenvalue weighted by atomic mass is 10.2. The number of benzene rings is 2. The van der Waals surface area contributed by atoms with E-state index in [9.17, 15) is 8.42 Å². The molecule has 0 atom stereocenters. The third-order valence-electron chi connectivity index (χ3n) is 2.73. The van der Waals surface area contributed by atoms with Crippen LogP contribution in [0.5, 0.6) is 0 Å². The maximum Gasteiger partial charge on any atom is 0.262 e. The van der Waals surface area contributed by atoms with Crippen molar-refractivity contribution in [3.8, 4) is 0 Å². The van der Waals surface area contributed by atoms with Crippen molar-refractivity contribution in [2.45, 2.75) is 11.8 Å². The molecular formula is C13H13ClN2O2S. The van der Waals surface area contributed by atoms with Crippen LogP contribution >= 0.6 is 11.6 Å². The summed E-state index contributed by atoms with van der Waals surface area (Å²) >= 11 is 5.94. The molecule has 0 aliphatic rings. The van der Waals surface area contributed by atoms with E-state index < -0.39 is 10.0 Å². The molecule has 0 heterocycles. The average Bonchev–Trinajstić information content (AvgIpc) is 2.35. The minimum atomic E-state index is -3.70. The Bertz CT molecular complexity index is 714. The Morgan fingerprint density at radius 2 is 1.79 bits per heavy atom. The van der Waals surface area contributed by atoms with Crippen molar-refractivity contribution in [3.63, 3.8) is 0 Å². The molecule has 0 aromatic heterocycles. The second kappa shape index (κ2) is 5.11. The fraction of sp³-hybridized carbons (Fsp3) is 0.0769. The number of hydrogen-bond donors (Lipinski definition) is 2. The average molecular weight is 297 g/mol. The molecule has 100 valence electrons. The second-order valence-corrected chi connectivity index (χ2v) is 6.11. The second-order valence-electron chi connectivity index (χ2n) is 4.06. The predicted octanol–water partition coefficient (Wildman–Crippen LogP) is 3.03. The summed E-state index contributed by atoms with van der Waals surface area (Å²) in [6, 6.07) is 11.4. The zero-order valence-electron chi connectivity index (χ0n) is 10.2. The van der Waals surface area contributed by atoms with Gasteiger partial charge in [0.1, 0.15) is 0 Å². The molecular weight excluding hydrogens is 284 g/mol. The topological polar surface area (TPSA) is 72.2 Å². The molecule has 0 spiro atoms. The van der Waals surface area contributed by atoms with Crippen LogP contribution in [-0.2, 0) is 10.0 Å². The number of anilines is 2. The summed E-state index contributed by atoms with van der Waals surface area (Å²) in [6.45, 7) is 1.66. The molecule has 6 heteroatoms. The Hall–Kier alpha value is -1.72. The molecule has 0 radical (unpaired) electrons. The number of nitrogens with one attached hydrogen (secondary N) is 1. The van der Waals surface area contributed by atoms with Crippen molar-refractivity contribution < 1.29 is 8.42 Å². The van der Waals surface area contributed by atoms with Crippen LogP contribution in [0.15, 0.2) is 47.4 Å². The zero-order valence-corrected chi connectivity index (χ0v) is 11.8. The highest BCUT2D eigenvalue weighted by Crippen LogP contribution is 2.26. The van der Waals surface area contributed by atoms with Crippen molar-refractivity contribution in [1.82, 2.24) is 0 Å². The van der Waals surface area contributed by atoms with Crippen LogP contribution < -0.4 is 10.5 Å². The molecule has 0 amide bonds. The third-order valence-corrected chi connectivity index (χ3v) is 4.57. The third kappa shape index (κ3) is 2.83. The molecule has 0 aliphatic carbocycles. The van der Waals surface area contributed by atoms with E-state index in [4.69, 9.17) is 17.3 Å². The Morgan fingerprint density at radius 1 is 1.11 bits per heavy atom. The zero-order chi connectivity index (χ0) is 14.0. The Labute approximate surface area is 117 Å². The van der Waals surface area contributed by atoms with Crippen LogP contribution in [-0.4, -0.2) is 8.42 Å². The van der Waals surface area contributed by atoms with E-state index in [1.807, 2.05) is 0 Å². The maximum absolute atomic E-state index is 12.3. The first-order chi connectivity index (χ1) is 8.92. The number of halogens is 1. The van der Waals surface area contributed by atoms with Crippen molar-refractivity contribution in [2.24, 2.45) is 0 Å². The van der Waals surface area contributed by atoms with Gasteiger partial charge in [-0.05, 0) is 36.8 Å². The molecule has 19 heavy (non-hydrogen) atoms. The SMILES string of the molecule is Cc1c(N)cccc1S(=O)(=O)Nc1ccccc1Cl. The van der Waals surface area contributed by atoms with E-state index in [1.165, 1.54) is 6.07 Å². The molecule has 3 N–H and O–H groups in total. The smallest absolute Gasteiger partial charge is 0.262 e.